The van der Waals surface area contributed by atoms with Crippen molar-refractivity contribution in [2.24, 2.45) is 5.73 Å². The third-order valence-electron chi connectivity index (χ3n) is 5.43. The minimum absolute atomic E-state index is 0.349. The maximum Gasteiger partial charge on any atom is 0.235 e. The maximum absolute atomic E-state index is 12.3. The van der Waals surface area contributed by atoms with Crippen LogP contribution in [0.5, 0.6) is 0 Å². The van der Waals surface area contributed by atoms with Gasteiger partial charge in [-0.25, -0.2) is 9.29 Å². The largest absolute Gasteiger partial charge is 0.368 e. The van der Waals surface area contributed by atoms with E-state index in [1.165, 1.54) is 11.8 Å². The summed E-state index contributed by atoms with van der Waals surface area (Å²) < 4.78 is 2.35. The number of benzene rings is 1. The van der Waals surface area contributed by atoms with E-state index in [4.69, 9.17) is 10.7 Å². The molecule has 3 rings (SSSR count). The Balaban J connectivity index is 2.00. The minimum Gasteiger partial charge on any atom is -0.368 e. The van der Waals surface area contributed by atoms with Crippen LogP contribution in [-0.4, -0.2) is 47.1 Å². The molecule has 2 aromatic rings. The van der Waals surface area contributed by atoms with E-state index in [1.54, 1.807) is 0 Å². The summed E-state index contributed by atoms with van der Waals surface area (Å²) >= 11 is 3.03. The van der Waals surface area contributed by atoms with Crippen molar-refractivity contribution in [2.45, 2.75) is 37.0 Å². The molecule has 1 aromatic heterocycles. The van der Waals surface area contributed by atoms with Gasteiger partial charge in [0.1, 0.15) is 28.2 Å². The summed E-state index contributed by atoms with van der Waals surface area (Å²) in [5.74, 6) is 1.18. The molecule has 1 aliphatic heterocycles. The first-order valence-electron chi connectivity index (χ1n) is 11.0. The van der Waals surface area contributed by atoms with Crippen molar-refractivity contribution in [3.05, 3.63) is 52.6 Å². The van der Waals surface area contributed by atoms with E-state index in [0.717, 1.165) is 43.9 Å². The maximum atomic E-state index is 12.3. The van der Waals surface area contributed by atoms with Crippen LogP contribution in [0.15, 0.2) is 35.4 Å². The molecule has 0 radical (unpaired) electrons. The number of primary amides is 1. The van der Waals surface area contributed by atoms with Crippen LogP contribution in [0.25, 0.3) is 0 Å². The highest BCUT2D eigenvalue weighted by atomic mass is 32.2. The SMILES string of the molecule is CCCSN1CCN(c2nc(SC(C(N)=O)c3ccccc3)c(C#N)c(CC)c2C#N)CC1. The number of nitrogens with zero attached hydrogens (tertiary/aromatic N) is 5. The van der Waals surface area contributed by atoms with Crippen LogP contribution in [0, 0.1) is 22.7 Å². The number of hydrogen-bond acceptors (Lipinski definition) is 8. The summed E-state index contributed by atoms with van der Waals surface area (Å²) in [5, 5.41) is 19.7. The molecule has 0 spiro atoms. The third-order valence-corrected chi connectivity index (χ3v) is 8.01. The molecule has 9 heteroatoms. The lowest BCUT2D eigenvalue weighted by Crippen LogP contribution is -2.44. The van der Waals surface area contributed by atoms with Crippen LogP contribution in [0.2, 0.25) is 0 Å². The average molecular weight is 481 g/mol. The van der Waals surface area contributed by atoms with Crippen LogP contribution in [-0.2, 0) is 11.2 Å². The standard InChI is InChI=1S/C24H28N6OS2/c1-3-14-32-30-12-10-29(11-13-30)23-19(15-25)18(4-2)20(16-26)24(28-23)33-21(22(27)31)17-8-6-5-7-9-17/h5-9,21H,3-4,10-14H2,1-2H3,(H2,27,31). The summed E-state index contributed by atoms with van der Waals surface area (Å²) in [7, 11) is 0. The molecule has 1 aromatic carbocycles. The second-order valence-corrected chi connectivity index (χ2v) is 9.88. The number of piperazine rings is 1. The molecule has 1 fully saturated rings. The second kappa shape index (κ2) is 11.9. The molecule has 1 atom stereocenters. The summed E-state index contributed by atoms with van der Waals surface area (Å²) in [6.07, 6.45) is 1.65. The monoisotopic (exact) mass is 480 g/mol. The zero-order valence-corrected chi connectivity index (χ0v) is 20.6. The van der Waals surface area contributed by atoms with Gasteiger partial charge in [-0.3, -0.25) is 4.79 Å². The van der Waals surface area contributed by atoms with Gasteiger partial charge < -0.3 is 10.6 Å². The van der Waals surface area contributed by atoms with Gasteiger partial charge in [0.2, 0.25) is 5.91 Å². The minimum atomic E-state index is -0.682. The Morgan fingerprint density at radius 2 is 1.79 bits per heavy atom. The molecule has 1 unspecified atom stereocenters. The van der Waals surface area contributed by atoms with Gasteiger partial charge in [0.25, 0.3) is 0 Å². The molecule has 0 bridgehead atoms. The quantitative estimate of drug-likeness (QED) is 0.425. The molecule has 7 nitrogen and oxygen atoms in total. The Kier molecular flexibility index (Phi) is 9.02. The molecular formula is C24H28N6OS2. The van der Waals surface area contributed by atoms with E-state index in [-0.39, 0.29) is 0 Å². The van der Waals surface area contributed by atoms with Crippen molar-refractivity contribution in [1.82, 2.24) is 9.29 Å². The highest BCUT2D eigenvalue weighted by Gasteiger charge is 2.28. The zero-order chi connectivity index (χ0) is 23.8. The molecule has 2 N–H and O–H groups in total. The summed E-state index contributed by atoms with van der Waals surface area (Å²) in [6, 6.07) is 13.8. The van der Waals surface area contributed by atoms with Crippen molar-refractivity contribution in [1.29, 1.82) is 10.5 Å². The number of hydrogen-bond donors (Lipinski definition) is 1. The Morgan fingerprint density at radius 3 is 2.33 bits per heavy atom. The zero-order valence-electron chi connectivity index (χ0n) is 19.0. The second-order valence-electron chi connectivity index (χ2n) is 7.61. The fraction of sp³-hybridized carbons (Fsp3) is 0.417. The van der Waals surface area contributed by atoms with Crippen molar-refractivity contribution in [3.8, 4) is 12.1 Å². The number of aromatic nitrogens is 1. The van der Waals surface area contributed by atoms with Gasteiger partial charge in [0.05, 0.1) is 11.1 Å². The van der Waals surface area contributed by atoms with Gasteiger partial charge in [-0.2, -0.15) is 10.5 Å². The van der Waals surface area contributed by atoms with E-state index in [1.807, 2.05) is 49.2 Å². The molecular weight excluding hydrogens is 452 g/mol. The van der Waals surface area contributed by atoms with Gasteiger partial charge in [-0.05, 0) is 24.0 Å². The van der Waals surface area contributed by atoms with Crippen molar-refractivity contribution < 1.29 is 4.79 Å². The number of nitrogens with two attached hydrogens (primary N) is 1. The number of thioether (sulfide) groups is 1. The summed E-state index contributed by atoms with van der Waals surface area (Å²) in [5.41, 5.74) is 7.95. The number of pyridine rings is 1. The molecule has 0 aliphatic carbocycles. The molecule has 1 amide bonds. The van der Waals surface area contributed by atoms with Gasteiger partial charge in [-0.1, -0.05) is 67.9 Å². The van der Waals surface area contributed by atoms with E-state index < -0.39 is 11.2 Å². The Labute approximate surface area is 204 Å². The van der Waals surface area contributed by atoms with Crippen LogP contribution in [0.4, 0.5) is 5.82 Å². The molecule has 1 saturated heterocycles. The molecule has 172 valence electrons. The van der Waals surface area contributed by atoms with Crippen LogP contribution in [0.3, 0.4) is 0 Å². The predicted octanol–water partition coefficient (Wildman–Crippen LogP) is 3.89. The fourth-order valence-corrected chi connectivity index (χ4v) is 5.70. The molecule has 33 heavy (non-hydrogen) atoms. The van der Waals surface area contributed by atoms with Gasteiger partial charge in [-0.15, -0.1) is 0 Å². The number of carbonyl (C=O) groups excluding carboxylic acids is 1. The van der Waals surface area contributed by atoms with Crippen LogP contribution >= 0.6 is 23.7 Å². The van der Waals surface area contributed by atoms with Gasteiger partial charge >= 0.3 is 0 Å². The molecule has 2 heterocycles. The van der Waals surface area contributed by atoms with E-state index in [0.29, 0.717) is 34.0 Å². The topological polar surface area (TPSA) is 110 Å². The van der Waals surface area contributed by atoms with Gasteiger partial charge in [0, 0.05) is 31.9 Å². The first kappa shape index (κ1) is 24.9. The third kappa shape index (κ3) is 5.80. The lowest BCUT2D eigenvalue weighted by molar-refractivity contribution is -0.117. The van der Waals surface area contributed by atoms with Gasteiger partial charge in [0.15, 0.2) is 0 Å². The lowest BCUT2D eigenvalue weighted by atomic mass is 10.0. The summed E-state index contributed by atoms with van der Waals surface area (Å²) in [4.78, 5) is 19.2. The van der Waals surface area contributed by atoms with Crippen molar-refractivity contribution >= 4 is 35.4 Å². The van der Waals surface area contributed by atoms with Crippen molar-refractivity contribution in [3.63, 3.8) is 0 Å². The average Bonchev–Trinajstić information content (AvgIpc) is 2.85. The highest BCUT2D eigenvalue weighted by molar-refractivity contribution is 8.00. The normalized spacial score (nSPS) is 15.0. The lowest BCUT2D eigenvalue weighted by Gasteiger charge is -2.35. The highest BCUT2D eigenvalue weighted by Crippen LogP contribution is 2.39. The Morgan fingerprint density at radius 1 is 1.12 bits per heavy atom. The fourth-order valence-electron chi connectivity index (χ4n) is 3.78. The first-order chi connectivity index (χ1) is 16.0. The Hall–Kier alpha value is -2.72. The predicted molar refractivity (Wildman–Crippen MR) is 134 cm³/mol. The number of carbonyl (C=O) groups is 1. The number of amides is 1. The van der Waals surface area contributed by atoms with E-state index in [2.05, 4.69) is 28.3 Å². The number of anilines is 1. The van der Waals surface area contributed by atoms with Crippen molar-refractivity contribution in [2.75, 3.05) is 36.8 Å². The summed E-state index contributed by atoms with van der Waals surface area (Å²) in [6.45, 7) is 7.33. The smallest absolute Gasteiger partial charge is 0.235 e. The number of nitriles is 2. The van der Waals surface area contributed by atoms with Crippen LogP contribution < -0.4 is 10.6 Å². The van der Waals surface area contributed by atoms with E-state index in [9.17, 15) is 15.3 Å². The molecule has 1 aliphatic rings. The Bertz CT molecular complexity index is 1060. The first-order valence-corrected chi connectivity index (χ1v) is 12.9. The van der Waals surface area contributed by atoms with E-state index >= 15 is 0 Å². The van der Waals surface area contributed by atoms with Crippen LogP contribution in [0.1, 0.15) is 47.8 Å². The number of rotatable bonds is 9. The molecule has 0 saturated carbocycles.